The van der Waals surface area contributed by atoms with Crippen LogP contribution in [-0.2, 0) is 9.05 Å². The zero-order valence-electron chi connectivity index (χ0n) is 7.15. The minimum atomic E-state index is -3.75. The Morgan fingerprint density at radius 1 is 1.36 bits per heavy atom. The minimum absolute atomic E-state index is 0.399. The van der Waals surface area contributed by atoms with E-state index in [1.54, 1.807) is 0 Å². The third-order valence-corrected chi connectivity index (χ3v) is 3.36. The van der Waals surface area contributed by atoms with E-state index >= 15 is 0 Å². The quantitative estimate of drug-likeness (QED) is 0.595. The molecule has 0 radical (unpaired) electrons. The number of benzene rings is 1. The molecule has 1 atom stereocenters. The van der Waals surface area contributed by atoms with Crippen LogP contribution >= 0.6 is 10.7 Å². The van der Waals surface area contributed by atoms with Gasteiger partial charge in [-0.3, -0.25) is 0 Å². The van der Waals surface area contributed by atoms with Crippen molar-refractivity contribution in [1.29, 1.82) is 0 Å². The smallest absolute Gasteiger partial charge is 0.211 e. The molecule has 1 aromatic carbocycles. The van der Waals surface area contributed by atoms with E-state index < -0.39 is 20.1 Å². The third-order valence-electron chi connectivity index (χ3n) is 1.72. The molecule has 0 saturated heterocycles. The second-order valence-electron chi connectivity index (χ2n) is 2.68. The molecule has 1 unspecified atom stereocenters. The minimum Gasteiger partial charge on any atom is -0.211 e. The van der Waals surface area contributed by atoms with Gasteiger partial charge in [0.15, 0.2) is 0 Å². The van der Waals surface area contributed by atoms with Crippen molar-refractivity contribution in [1.82, 2.24) is 0 Å². The Kier molecular flexibility index (Phi) is 3.29. The van der Waals surface area contributed by atoms with Crippen LogP contribution in [0.4, 0.5) is 4.39 Å². The van der Waals surface area contributed by atoms with E-state index in [0.29, 0.717) is 5.56 Å². The van der Waals surface area contributed by atoms with E-state index in [1.807, 2.05) is 0 Å². The predicted octanol–water partition coefficient (Wildman–Crippen LogP) is 2.62. The highest BCUT2D eigenvalue weighted by Gasteiger charge is 2.21. The van der Waals surface area contributed by atoms with Crippen molar-refractivity contribution in [2.45, 2.75) is 5.25 Å². The maximum atomic E-state index is 12.5. The molecule has 0 heterocycles. The Balaban J connectivity index is 3.15. The average molecular weight is 235 g/mol. The summed E-state index contributed by atoms with van der Waals surface area (Å²) in [5.41, 5.74) is 0.399. The van der Waals surface area contributed by atoms with Crippen molar-refractivity contribution in [2.24, 2.45) is 0 Å². The van der Waals surface area contributed by atoms with Crippen LogP contribution in [0.3, 0.4) is 0 Å². The maximum absolute atomic E-state index is 12.5. The van der Waals surface area contributed by atoms with Gasteiger partial charge >= 0.3 is 0 Å². The van der Waals surface area contributed by atoms with E-state index in [2.05, 4.69) is 6.58 Å². The highest BCUT2D eigenvalue weighted by Crippen LogP contribution is 2.26. The summed E-state index contributed by atoms with van der Waals surface area (Å²) in [6.45, 7) is 3.37. The lowest BCUT2D eigenvalue weighted by molar-refractivity contribution is 0.603. The summed E-state index contributed by atoms with van der Waals surface area (Å²) in [4.78, 5) is 0. The molecular formula is C9H8ClFO2S. The van der Waals surface area contributed by atoms with Gasteiger partial charge in [-0.15, -0.1) is 6.58 Å². The highest BCUT2D eigenvalue weighted by atomic mass is 35.7. The van der Waals surface area contributed by atoms with Crippen LogP contribution in [0.5, 0.6) is 0 Å². The number of halogens is 2. The monoisotopic (exact) mass is 234 g/mol. The summed E-state index contributed by atoms with van der Waals surface area (Å²) in [5, 5.41) is -0.996. The lowest BCUT2D eigenvalue weighted by Gasteiger charge is -2.08. The zero-order chi connectivity index (χ0) is 10.8. The fourth-order valence-corrected chi connectivity index (χ4v) is 2.30. The molecule has 0 aliphatic rings. The molecule has 0 fully saturated rings. The first-order valence-electron chi connectivity index (χ1n) is 3.76. The molecule has 76 valence electrons. The Morgan fingerprint density at radius 3 is 2.21 bits per heavy atom. The molecule has 0 amide bonds. The van der Waals surface area contributed by atoms with Crippen LogP contribution in [0.1, 0.15) is 10.8 Å². The zero-order valence-corrected chi connectivity index (χ0v) is 8.72. The first-order chi connectivity index (χ1) is 6.45. The largest absolute Gasteiger partial charge is 0.243 e. The second-order valence-corrected chi connectivity index (χ2v) is 5.43. The number of rotatable bonds is 3. The van der Waals surface area contributed by atoms with E-state index in [1.165, 1.54) is 30.3 Å². The Bertz CT molecular complexity index is 425. The first-order valence-corrected chi connectivity index (χ1v) is 6.14. The maximum Gasteiger partial charge on any atom is 0.243 e. The summed E-state index contributed by atoms with van der Waals surface area (Å²) in [5.74, 6) is -0.427. The van der Waals surface area contributed by atoms with Crippen molar-refractivity contribution in [3.8, 4) is 0 Å². The summed E-state index contributed by atoms with van der Waals surface area (Å²) < 4.78 is 34.6. The summed E-state index contributed by atoms with van der Waals surface area (Å²) in [6.07, 6.45) is 1.20. The number of hydrogen-bond acceptors (Lipinski definition) is 2. The van der Waals surface area contributed by atoms with Crippen LogP contribution in [0, 0.1) is 5.82 Å². The third kappa shape index (κ3) is 2.56. The summed E-state index contributed by atoms with van der Waals surface area (Å²) in [6, 6.07) is 5.07. The van der Waals surface area contributed by atoms with Crippen molar-refractivity contribution in [3.05, 3.63) is 48.3 Å². The molecule has 14 heavy (non-hydrogen) atoms. The molecule has 1 rings (SSSR count). The van der Waals surface area contributed by atoms with E-state index in [9.17, 15) is 12.8 Å². The van der Waals surface area contributed by atoms with Crippen molar-refractivity contribution in [3.63, 3.8) is 0 Å². The Hall–Kier alpha value is -0.870. The summed E-state index contributed by atoms with van der Waals surface area (Å²) >= 11 is 0. The van der Waals surface area contributed by atoms with Crippen LogP contribution in [0.15, 0.2) is 36.9 Å². The molecule has 0 aliphatic carbocycles. The van der Waals surface area contributed by atoms with Crippen molar-refractivity contribution < 1.29 is 12.8 Å². The van der Waals surface area contributed by atoms with E-state index in [-0.39, 0.29) is 0 Å². The lowest BCUT2D eigenvalue weighted by atomic mass is 10.1. The predicted molar refractivity (Wildman–Crippen MR) is 54.1 cm³/mol. The molecule has 0 aromatic heterocycles. The molecular weight excluding hydrogens is 227 g/mol. The standard InChI is InChI=1S/C9H8ClFO2S/c1-2-9(14(10,12)13)7-3-5-8(11)6-4-7/h2-6,9H,1H2. The molecule has 1 aromatic rings. The molecule has 2 nitrogen and oxygen atoms in total. The van der Waals surface area contributed by atoms with Gasteiger partial charge < -0.3 is 0 Å². The van der Waals surface area contributed by atoms with Gasteiger partial charge in [-0.05, 0) is 17.7 Å². The number of hydrogen-bond donors (Lipinski definition) is 0. The molecule has 0 N–H and O–H groups in total. The average Bonchev–Trinajstić information content (AvgIpc) is 2.07. The normalized spacial score (nSPS) is 13.6. The van der Waals surface area contributed by atoms with Gasteiger partial charge in [0.1, 0.15) is 11.1 Å². The topological polar surface area (TPSA) is 34.1 Å². The van der Waals surface area contributed by atoms with Crippen LogP contribution in [0.25, 0.3) is 0 Å². The highest BCUT2D eigenvalue weighted by molar-refractivity contribution is 8.14. The van der Waals surface area contributed by atoms with Gasteiger partial charge in [0, 0.05) is 10.7 Å². The second kappa shape index (κ2) is 4.11. The molecule has 5 heteroatoms. The van der Waals surface area contributed by atoms with Gasteiger partial charge in [0.2, 0.25) is 9.05 Å². The molecule has 0 spiro atoms. The summed E-state index contributed by atoms with van der Waals surface area (Å²) in [7, 11) is 1.43. The van der Waals surface area contributed by atoms with Crippen LogP contribution < -0.4 is 0 Å². The first kappa shape index (κ1) is 11.2. The van der Waals surface area contributed by atoms with Gasteiger partial charge in [-0.1, -0.05) is 18.2 Å². The van der Waals surface area contributed by atoms with Crippen LogP contribution in [-0.4, -0.2) is 8.42 Å². The van der Waals surface area contributed by atoms with Crippen molar-refractivity contribution >= 4 is 19.7 Å². The van der Waals surface area contributed by atoms with Crippen LogP contribution in [0.2, 0.25) is 0 Å². The molecule has 0 bridgehead atoms. The Labute approximate surface area is 86.4 Å². The molecule has 0 saturated carbocycles. The fourth-order valence-electron chi connectivity index (χ4n) is 1.07. The molecule has 0 aliphatic heterocycles. The van der Waals surface area contributed by atoms with Gasteiger partial charge in [0.05, 0.1) is 0 Å². The van der Waals surface area contributed by atoms with Crippen molar-refractivity contribution in [2.75, 3.05) is 0 Å². The van der Waals surface area contributed by atoms with Gasteiger partial charge in [0.25, 0.3) is 0 Å². The Morgan fingerprint density at radius 2 is 1.86 bits per heavy atom. The van der Waals surface area contributed by atoms with E-state index in [0.717, 1.165) is 0 Å². The van der Waals surface area contributed by atoms with Gasteiger partial charge in [-0.2, -0.15) is 0 Å². The fraction of sp³-hybridized carbons (Fsp3) is 0.111. The lowest BCUT2D eigenvalue weighted by Crippen LogP contribution is -2.03. The SMILES string of the molecule is C=CC(c1ccc(F)cc1)S(=O)(=O)Cl. The van der Waals surface area contributed by atoms with Gasteiger partial charge in [-0.25, -0.2) is 12.8 Å². The van der Waals surface area contributed by atoms with E-state index in [4.69, 9.17) is 10.7 Å².